The van der Waals surface area contributed by atoms with Crippen LogP contribution >= 0.6 is 24.8 Å². The van der Waals surface area contributed by atoms with Crippen molar-refractivity contribution in [3.63, 3.8) is 0 Å². The second-order valence-electron chi connectivity index (χ2n) is 1.99. The number of rotatable bonds is 1. The average Bonchev–Trinajstić information content (AvgIpc) is 1.85. The summed E-state index contributed by atoms with van der Waals surface area (Å²) in [6.45, 7) is 0. The number of hydrogen-bond donors (Lipinski definition) is 1. The summed E-state index contributed by atoms with van der Waals surface area (Å²) in [5, 5.41) is 0. The first-order valence-electron chi connectivity index (χ1n) is 2.86. The lowest BCUT2D eigenvalue weighted by atomic mass is 10.2. The number of hydrogen-bond acceptors (Lipinski definition) is 1. The van der Waals surface area contributed by atoms with Crippen molar-refractivity contribution < 1.29 is 13.6 Å². The van der Waals surface area contributed by atoms with Crippen molar-refractivity contribution in [1.29, 1.82) is 0 Å². The highest BCUT2D eigenvalue weighted by Gasteiger charge is 2.07. The number of nitrogens with two attached hydrogens (primary N) is 1. The molecule has 0 fully saturated rings. The third-order valence-corrected chi connectivity index (χ3v) is 1.20. The van der Waals surface area contributed by atoms with E-state index in [4.69, 9.17) is 5.73 Å². The molecule has 0 aliphatic carbocycles. The minimum Gasteiger partial charge on any atom is -0.366 e. The molecule has 0 bridgehead atoms. The largest absolute Gasteiger partial charge is 0.366 e. The van der Waals surface area contributed by atoms with Crippen LogP contribution in [0.2, 0.25) is 0 Å². The molecule has 0 radical (unpaired) electrons. The molecule has 0 atom stereocenters. The third kappa shape index (κ3) is 3.57. The molecule has 1 aromatic carbocycles. The van der Waals surface area contributed by atoms with E-state index in [2.05, 4.69) is 0 Å². The van der Waals surface area contributed by atoms with Crippen LogP contribution in [0.25, 0.3) is 0 Å². The molecule has 0 saturated carbocycles. The van der Waals surface area contributed by atoms with Crippen molar-refractivity contribution in [2.45, 2.75) is 0 Å². The zero-order valence-electron chi connectivity index (χ0n) is 6.29. The zero-order valence-corrected chi connectivity index (χ0v) is 7.92. The third-order valence-electron chi connectivity index (χ3n) is 1.20. The lowest BCUT2D eigenvalue weighted by Crippen LogP contribution is -2.12. The molecule has 0 aromatic heterocycles. The smallest absolute Gasteiger partial charge is 0.251 e. The van der Waals surface area contributed by atoms with Gasteiger partial charge < -0.3 is 5.73 Å². The Morgan fingerprint density at radius 2 is 1.77 bits per heavy atom. The van der Waals surface area contributed by atoms with Gasteiger partial charge in [0.1, 0.15) is 11.6 Å². The highest BCUT2D eigenvalue weighted by molar-refractivity contribution is 5.92. The average molecular weight is 230 g/mol. The van der Waals surface area contributed by atoms with Gasteiger partial charge >= 0.3 is 0 Å². The summed E-state index contributed by atoms with van der Waals surface area (Å²) in [5.41, 5.74) is 4.46. The molecule has 0 aliphatic heterocycles. The van der Waals surface area contributed by atoms with E-state index in [1.54, 1.807) is 0 Å². The summed E-state index contributed by atoms with van der Waals surface area (Å²) in [5.74, 6) is -2.56. The van der Waals surface area contributed by atoms with Crippen molar-refractivity contribution in [2.75, 3.05) is 0 Å². The molecule has 0 aliphatic rings. The van der Waals surface area contributed by atoms with Crippen LogP contribution in [0.15, 0.2) is 18.2 Å². The lowest BCUT2D eigenvalue weighted by Gasteiger charge is -1.95. The maximum atomic E-state index is 12.6. The second kappa shape index (κ2) is 5.72. The molecule has 1 amide bonds. The number of amides is 1. The fourth-order valence-corrected chi connectivity index (χ4v) is 0.689. The van der Waals surface area contributed by atoms with Crippen molar-refractivity contribution >= 4 is 30.7 Å². The van der Waals surface area contributed by atoms with Gasteiger partial charge in [-0.1, -0.05) is 0 Å². The Hall–Kier alpha value is -0.870. The van der Waals surface area contributed by atoms with Gasteiger partial charge in [0, 0.05) is 6.07 Å². The summed E-state index contributed by atoms with van der Waals surface area (Å²) in [4.78, 5) is 10.4. The Balaban J connectivity index is 0. The highest BCUT2D eigenvalue weighted by Crippen LogP contribution is 2.07. The SMILES string of the molecule is Cl.Cl.NC(=O)c1ccc(F)cc1F. The summed E-state index contributed by atoms with van der Waals surface area (Å²) >= 11 is 0. The fraction of sp³-hybridized carbons (Fsp3) is 0. The van der Waals surface area contributed by atoms with Gasteiger partial charge in [-0.05, 0) is 12.1 Å². The van der Waals surface area contributed by atoms with E-state index in [9.17, 15) is 13.6 Å². The molecule has 1 aromatic rings. The van der Waals surface area contributed by atoms with E-state index in [-0.39, 0.29) is 30.4 Å². The second-order valence-corrected chi connectivity index (χ2v) is 1.99. The Bertz CT molecular complexity index is 307. The normalized spacial score (nSPS) is 8.15. The maximum absolute atomic E-state index is 12.6. The van der Waals surface area contributed by atoms with E-state index in [1.165, 1.54) is 0 Å². The van der Waals surface area contributed by atoms with Gasteiger partial charge in [-0.3, -0.25) is 4.79 Å². The minimum absolute atomic E-state index is 0. The van der Waals surface area contributed by atoms with Crippen LogP contribution < -0.4 is 5.73 Å². The summed E-state index contributed by atoms with van der Waals surface area (Å²) < 4.78 is 24.8. The molecule has 6 heteroatoms. The first-order valence-corrected chi connectivity index (χ1v) is 2.86. The molecule has 0 heterocycles. The van der Waals surface area contributed by atoms with E-state index in [1.807, 2.05) is 0 Å². The van der Waals surface area contributed by atoms with Gasteiger partial charge in [0.25, 0.3) is 5.91 Å². The Kier molecular flexibility index (Phi) is 6.44. The first-order chi connectivity index (χ1) is 5.11. The van der Waals surface area contributed by atoms with Gasteiger partial charge in [0.05, 0.1) is 5.56 Å². The zero-order chi connectivity index (χ0) is 8.43. The molecule has 74 valence electrons. The molecule has 0 unspecified atom stereocenters. The Morgan fingerprint density at radius 3 is 2.15 bits per heavy atom. The number of carbonyl (C=O) groups is 1. The topological polar surface area (TPSA) is 43.1 Å². The molecular formula is C7H7Cl2F2NO. The number of primary amides is 1. The molecule has 2 N–H and O–H groups in total. The van der Waals surface area contributed by atoms with Crippen LogP contribution in [0.1, 0.15) is 10.4 Å². The molecule has 0 saturated heterocycles. The van der Waals surface area contributed by atoms with E-state index >= 15 is 0 Å². The van der Waals surface area contributed by atoms with Crippen LogP contribution in [-0.4, -0.2) is 5.91 Å². The summed E-state index contributed by atoms with van der Waals surface area (Å²) in [6.07, 6.45) is 0. The lowest BCUT2D eigenvalue weighted by molar-refractivity contribution is 0.0996. The van der Waals surface area contributed by atoms with Gasteiger partial charge in [0.2, 0.25) is 0 Å². The van der Waals surface area contributed by atoms with E-state index in [0.717, 1.165) is 12.1 Å². The van der Waals surface area contributed by atoms with Crippen LogP contribution in [0, 0.1) is 11.6 Å². The van der Waals surface area contributed by atoms with Gasteiger partial charge in [-0.15, -0.1) is 24.8 Å². The van der Waals surface area contributed by atoms with Crippen molar-refractivity contribution in [1.82, 2.24) is 0 Å². The van der Waals surface area contributed by atoms with Crippen LogP contribution in [0.5, 0.6) is 0 Å². The van der Waals surface area contributed by atoms with Crippen LogP contribution in [0.4, 0.5) is 8.78 Å². The molecule has 13 heavy (non-hydrogen) atoms. The first kappa shape index (κ1) is 14.6. The minimum atomic E-state index is -0.933. The maximum Gasteiger partial charge on any atom is 0.251 e. The molecular weight excluding hydrogens is 223 g/mol. The summed E-state index contributed by atoms with van der Waals surface area (Å²) in [7, 11) is 0. The fourth-order valence-electron chi connectivity index (χ4n) is 0.689. The predicted octanol–water partition coefficient (Wildman–Crippen LogP) is 1.91. The van der Waals surface area contributed by atoms with Crippen LogP contribution in [-0.2, 0) is 0 Å². The number of halogens is 4. The monoisotopic (exact) mass is 229 g/mol. The Morgan fingerprint density at radius 1 is 1.23 bits per heavy atom. The van der Waals surface area contributed by atoms with Gasteiger partial charge in [-0.25, -0.2) is 8.78 Å². The van der Waals surface area contributed by atoms with E-state index in [0.29, 0.717) is 6.07 Å². The van der Waals surface area contributed by atoms with Gasteiger partial charge in [0.15, 0.2) is 0 Å². The van der Waals surface area contributed by atoms with Crippen molar-refractivity contribution in [2.24, 2.45) is 5.73 Å². The molecule has 0 spiro atoms. The Labute approximate surface area is 85.9 Å². The highest BCUT2D eigenvalue weighted by atomic mass is 35.5. The predicted molar refractivity (Wildman–Crippen MR) is 49.4 cm³/mol. The molecule has 2 nitrogen and oxygen atoms in total. The van der Waals surface area contributed by atoms with E-state index < -0.39 is 17.5 Å². The molecule has 1 rings (SSSR count). The number of carbonyl (C=O) groups excluding carboxylic acids is 1. The van der Waals surface area contributed by atoms with Crippen molar-refractivity contribution in [3.05, 3.63) is 35.4 Å². The van der Waals surface area contributed by atoms with Gasteiger partial charge in [-0.2, -0.15) is 0 Å². The summed E-state index contributed by atoms with van der Waals surface area (Å²) in [6, 6.07) is 2.59. The standard InChI is InChI=1S/C7H5F2NO.2ClH/c8-4-1-2-5(7(10)11)6(9)3-4;;/h1-3H,(H2,10,11);2*1H. The quantitative estimate of drug-likeness (QED) is 0.786. The number of benzene rings is 1. The van der Waals surface area contributed by atoms with Crippen LogP contribution in [0.3, 0.4) is 0 Å². The van der Waals surface area contributed by atoms with Crippen molar-refractivity contribution in [3.8, 4) is 0 Å².